The van der Waals surface area contributed by atoms with Crippen molar-refractivity contribution in [2.75, 3.05) is 29.0 Å². The Labute approximate surface area is 164 Å². The van der Waals surface area contributed by atoms with E-state index in [4.69, 9.17) is 16.3 Å². The zero-order chi connectivity index (χ0) is 19.6. The van der Waals surface area contributed by atoms with Gasteiger partial charge in [0.15, 0.2) is 0 Å². The van der Waals surface area contributed by atoms with Gasteiger partial charge in [-0.2, -0.15) is 0 Å². The molecule has 6 nitrogen and oxygen atoms in total. The second-order valence-corrected chi connectivity index (χ2v) is 8.82. The molecule has 1 amide bonds. The number of hydrogen-bond donors (Lipinski definition) is 1. The van der Waals surface area contributed by atoms with Gasteiger partial charge in [0, 0.05) is 17.8 Å². The van der Waals surface area contributed by atoms with Gasteiger partial charge in [0.2, 0.25) is 10.0 Å². The number of carbonyl (C=O) groups is 1. The molecule has 0 radical (unpaired) electrons. The molecule has 1 aliphatic heterocycles. The maximum absolute atomic E-state index is 12.5. The molecule has 144 valence electrons. The summed E-state index contributed by atoms with van der Waals surface area (Å²) >= 11 is 6.08. The first-order chi connectivity index (χ1) is 12.8. The third-order valence-corrected chi connectivity index (χ3v) is 6.64. The van der Waals surface area contributed by atoms with Crippen molar-refractivity contribution >= 4 is 38.9 Å². The number of benzene rings is 2. The molecule has 27 heavy (non-hydrogen) atoms. The van der Waals surface area contributed by atoms with E-state index in [9.17, 15) is 13.2 Å². The molecule has 2 aromatic rings. The molecule has 0 spiro atoms. The molecule has 1 aliphatic rings. The first kappa shape index (κ1) is 19.5. The van der Waals surface area contributed by atoms with E-state index in [0.717, 1.165) is 12.0 Å². The van der Waals surface area contributed by atoms with Crippen molar-refractivity contribution in [1.29, 1.82) is 0 Å². The highest BCUT2D eigenvalue weighted by atomic mass is 35.5. The van der Waals surface area contributed by atoms with Crippen LogP contribution in [0, 0.1) is 6.92 Å². The smallest absolute Gasteiger partial charge is 0.255 e. The van der Waals surface area contributed by atoms with Crippen LogP contribution in [-0.4, -0.2) is 33.7 Å². The summed E-state index contributed by atoms with van der Waals surface area (Å²) in [6, 6.07) is 10.00. The number of nitrogens with one attached hydrogen (secondary N) is 1. The van der Waals surface area contributed by atoms with Crippen LogP contribution in [0.15, 0.2) is 36.4 Å². The highest BCUT2D eigenvalue weighted by molar-refractivity contribution is 7.92. The van der Waals surface area contributed by atoms with E-state index in [0.29, 0.717) is 40.7 Å². The van der Waals surface area contributed by atoms with E-state index in [1.54, 1.807) is 43.3 Å². The average Bonchev–Trinajstić information content (AvgIpc) is 2.62. The standard InChI is InChI=1S/C19H21ClN2O4S/c1-13-11-14(5-7-17(13)22-9-3-4-10-27(22,24)25)19(23)21-15-6-8-18(26-2)16(20)12-15/h5-8,11-12H,3-4,9-10H2,1-2H3,(H,21,23). The Balaban J connectivity index is 1.80. The first-order valence-electron chi connectivity index (χ1n) is 8.58. The molecule has 2 aromatic carbocycles. The molecule has 1 fully saturated rings. The number of halogens is 1. The van der Waals surface area contributed by atoms with E-state index in [-0.39, 0.29) is 11.7 Å². The lowest BCUT2D eigenvalue weighted by atomic mass is 10.1. The summed E-state index contributed by atoms with van der Waals surface area (Å²) in [6.07, 6.45) is 1.52. The van der Waals surface area contributed by atoms with Gasteiger partial charge in [-0.3, -0.25) is 9.10 Å². The van der Waals surface area contributed by atoms with Gasteiger partial charge in [0.1, 0.15) is 5.75 Å². The third-order valence-electron chi connectivity index (χ3n) is 4.49. The maximum atomic E-state index is 12.5. The van der Waals surface area contributed by atoms with Crippen molar-refractivity contribution in [3.8, 4) is 5.75 Å². The molecule has 1 heterocycles. The molecule has 0 unspecified atom stereocenters. The van der Waals surface area contributed by atoms with Gasteiger partial charge in [-0.25, -0.2) is 8.42 Å². The monoisotopic (exact) mass is 408 g/mol. The Kier molecular flexibility index (Phi) is 5.62. The zero-order valence-electron chi connectivity index (χ0n) is 15.2. The Morgan fingerprint density at radius 1 is 1.19 bits per heavy atom. The predicted octanol–water partition coefficient (Wildman–Crippen LogP) is 3.84. The third kappa shape index (κ3) is 4.20. The Morgan fingerprint density at radius 3 is 2.59 bits per heavy atom. The van der Waals surface area contributed by atoms with E-state index in [1.807, 2.05) is 0 Å². The fourth-order valence-electron chi connectivity index (χ4n) is 3.08. The molecule has 3 rings (SSSR count). The van der Waals surface area contributed by atoms with Gasteiger partial charge in [-0.15, -0.1) is 0 Å². The summed E-state index contributed by atoms with van der Waals surface area (Å²) in [5.41, 5.74) is 2.35. The molecule has 8 heteroatoms. The van der Waals surface area contributed by atoms with Crippen LogP contribution in [0.2, 0.25) is 5.02 Å². The Morgan fingerprint density at radius 2 is 1.96 bits per heavy atom. The topological polar surface area (TPSA) is 75.7 Å². The van der Waals surface area contributed by atoms with Crippen molar-refractivity contribution in [1.82, 2.24) is 0 Å². The molecule has 0 aromatic heterocycles. The average molecular weight is 409 g/mol. The van der Waals surface area contributed by atoms with Crippen LogP contribution < -0.4 is 14.4 Å². The molecule has 0 bridgehead atoms. The van der Waals surface area contributed by atoms with E-state index >= 15 is 0 Å². The van der Waals surface area contributed by atoms with E-state index in [1.165, 1.54) is 11.4 Å². The molecular formula is C19H21ClN2O4S. The van der Waals surface area contributed by atoms with Gasteiger partial charge in [-0.1, -0.05) is 11.6 Å². The van der Waals surface area contributed by atoms with Crippen LogP contribution in [0.4, 0.5) is 11.4 Å². The largest absolute Gasteiger partial charge is 0.495 e. The summed E-state index contributed by atoms with van der Waals surface area (Å²) in [6.45, 7) is 2.28. The number of rotatable bonds is 4. The van der Waals surface area contributed by atoms with Crippen molar-refractivity contribution in [3.63, 3.8) is 0 Å². The normalized spacial score (nSPS) is 16.0. The second kappa shape index (κ2) is 7.78. The van der Waals surface area contributed by atoms with Crippen LogP contribution >= 0.6 is 11.6 Å². The highest BCUT2D eigenvalue weighted by Gasteiger charge is 2.27. The predicted molar refractivity (Wildman–Crippen MR) is 108 cm³/mol. The minimum atomic E-state index is -3.29. The number of amides is 1. The number of sulfonamides is 1. The van der Waals surface area contributed by atoms with Crippen LogP contribution in [0.1, 0.15) is 28.8 Å². The van der Waals surface area contributed by atoms with Gasteiger partial charge in [0.05, 0.1) is 23.6 Å². The Hall–Kier alpha value is -2.25. The SMILES string of the molecule is COc1ccc(NC(=O)c2ccc(N3CCCCS3(=O)=O)c(C)c2)cc1Cl. The molecular weight excluding hydrogens is 388 g/mol. The fraction of sp³-hybridized carbons (Fsp3) is 0.316. The maximum Gasteiger partial charge on any atom is 0.255 e. The fourth-order valence-corrected chi connectivity index (χ4v) is 5.04. The quantitative estimate of drug-likeness (QED) is 0.833. The summed E-state index contributed by atoms with van der Waals surface area (Å²) in [4.78, 5) is 12.5. The van der Waals surface area contributed by atoms with Gasteiger partial charge < -0.3 is 10.1 Å². The van der Waals surface area contributed by atoms with Crippen molar-refractivity contribution in [2.24, 2.45) is 0 Å². The van der Waals surface area contributed by atoms with Crippen LogP contribution in [0.5, 0.6) is 5.75 Å². The lowest BCUT2D eigenvalue weighted by molar-refractivity contribution is 0.102. The minimum absolute atomic E-state index is 0.160. The van der Waals surface area contributed by atoms with Crippen molar-refractivity contribution in [3.05, 3.63) is 52.5 Å². The van der Waals surface area contributed by atoms with Crippen LogP contribution in [0.3, 0.4) is 0 Å². The van der Waals surface area contributed by atoms with Gasteiger partial charge >= 0.3 is 0 Å². The summed E-state index contributed by atoms with van der Waals surface area (Å²) in [5, 5.41) is 3.18. The second-order valence-electron chi connectivity index (χ2n) is 6.40. The van der Waals surface area contributed by atoms with Gasteiger partial charge in [0.25, 0.3) is 5.91 Å². The van der Waals surface area contributed by atoms with Crippen LogP contribution in [-0.2, 0) is 10.0 Å². The lowest BCUT2D eigenvalue weighted by Gasteiger charge is -2.29. The van der Waals surface area contributed by atoms with Crippen molar-refractivity contribution < 1.29 is 17.9 Å². The van der Waals surface area contributed by atoms with Crippen molar-refractivity contribution in [2.45, 2.75) is 19.8 Å². The molecule has 1 N–H and O–H groups in total. The number of aryl methyl sites for hydroxylation is 1. The Bertz CT molecular complexity index is 976. The summed E-state index contributed by atoms with van der Waals surface area (Å²) < 4.78 is 31.1. The molecule has 0 atom stereocenters. The summed E-state index contributed by atoms with van der Waals surface area (Å²) in [7, 11) is -1.77. The summed E-state index contributed by atoms with van der Waals surface area (Å²) in [5.74, 6) is 0.386. The number of hydrogen-bond acceptors (Lipinski definition) is 4. The number of ether oxygens (including phenoxy) is 1. The number of anilines is 2. The van der Waals surface area contributed by atoms with E-state index in [2.05, 4.69) is 5.32 Å². The molecule has 1 saturated heterocycles. The highest BCUT2D eigenvalue weighted by Crippen LogP contribution is 2.29. The minimum Gasteiger partial charge on any atom is -0.495 e. The first-order valence-corrected chi connectivity index (χ1v) is 10.6. The lowest BCUT2D eigenvalue weighted by Crippen LogP contribution is -2.38. The van der Waals surface area contributed by atoms with Gasteiger partial charge in [-0.05, 0) is 61.7 Å². The number of methoxy groups -OCH3 is 1. The van der Waals surface area contributed by atoms with E-state index < -0.39 is 10.0 Å². The molecule has 0 aliphatic carbocycles. The molecule has 0 saturated carbocycles. The number of carbonyl (C=O) groups excluding carboxylic acids is 1. The number of nitrogens with zero attached hydrogens (tertiary/aromatic N) is 1. The van der Waals surface area contributed by atoms with Crippen LogP contribution in [0.25, 0.3) is 0 Å². The zero-order valence-corrected chi connectivity index (χ0v) is 16.7.